The lowest BCUT2D eigenvalue weighted by molar-refractivity contribution is 0.101. The second-order valence-electron chi connectivity index (χ2n) is 4.50. The molecule has 0 aliphatic carbocycles. The topological polar surface area (TPSA) is 78.2 Å². The average molecular weight is 315 g/mol. The smallest absolute Gasteiger partial charge is 0.245 e. The summed E-state index contributed by atoms with van der Waals surface area (Å²) in [5.41, 5.74) is 0.258. The average Bonchev–Trinajstić information content (AvgIpc) is 2.35. The molecule has 0 unspecified atom stereocenters. The van der Waals surface area contributed by atoms with Crippen LogP contribution in [0.1, 0.15) is 31.1 Å². The van der Waals surface area contributed by atoms with E-state index in [1.54, 1.807) is 13.8 Å². The maximum absolute atomic E-state index is 12.5. The summed E-state index contributed by atoms with van der Waals surface area (Å²) in [5, 5.41) is 8.79. The van der Waals surface area contributed by atoms with E-state index in [4.69, 9.17) is 16.9 Å². The molecule has 20 heavy (non-hydrogen) atoms. The van der Waals surface area contributed by atoms with Gasteiger partial charge in [0, 0.05) is 11.6 Å². The summed E-state index contributed by atoms with van der Waals surface area (Å²) in [7, 11) is -3.92. The van der Waals surface area contributed by atoms with Crippen LogP contribution in [0.25, 0.3) is 0 Å². The Morgan fingerprint density at radius 2 is 2.05 bits per heavy atom. The van der Waals surface area contributed by atoms with Gasteiger partial charge in [-0.1, -0.05) is 11.6 Å². The maximum atomic E-state index is 12.5. The summed E-state index contributed by atoms with van der Waals surface area (Å²) in [5.74, 6) is -0.255. The van der Waals surface area contributed by atoms with Crippen molar-refractivity contribution in [2.45, 2.75) is 31.7 Å². The highest BCUT2D eigenvalue weighted by molar-refractivity contribution is 7.89. The van der Waals surface area contributed by atoms with E-state index in [-0.39, 0.29) is 27.8 Å². The Balaban J connectivity index is 3.45. The fourth-order valence-electron chi connectivity index (χ4n) is 1.66. The van der Waals surface area contributed by atoms with Crippen LogP contribution in [0.5, 0.6) is 0 Å². The predicted molar refractivity (Wildman–Crippen MR) is 76.1 cm³/mol. The van der Waals surface area contributed by atoms with E-state index in [9.17, 15) is 13.2 Å². The first-order valence-electron chi connectivity index (χ1n) is 5.91. The molecule has 0 atom stereocenters. The summed E-state index contributed by atoms with van der Waals surface area (Å²) >= 11 is 5.93. The van der Waals surface area contributed by atoms with Gasteiger partial charge in [0.1, 0.15) is 11.4 Å². The van der Waals surface area contributed by atoms with E-state index >= 15 is 0 Å². The molecule has 1 rings (SSSR count). The predicted octanol–water partition coefficient (Wildman–Crippen LogP) is 2.47. The van der Waals surface area contributed by atoms with Crippen LogP contribution in [0.4, 0.5) is 0 Å². The van der Waals surface area contributed by atoms with Crippen LogP contribution < -0.4 is 0 Å². The molecule has 0 radical (unpaired) electrons. The highest BCUT2D eigenvalue weighted by Crippen LogP contribution is 2.27. The molecule has 0 aliphatic heterocycles. The number of ketones is 1. The van der Waals surface area contributed by atoms with Crippen LogP contribution >= 0.6 is 11.6 Å². The van der Waals surface area contributed by atoms with Crippen molar-refractivity contribution < 1.29 is 13.2 Å². The molecular formula is C13H15ClN2O3S. The van der Waals surface area contributed by atoms with E-state index in [1.165, 1.54) is 25.1 Å². The Labute approximate surface area is 123 Å². The van der Waals surface area contributed by atoms with Gasteiger partial charge in [0.25, 0.3) is 0 Å². The summed E-state index contributed by atoms with van der Waals surface area (Å²) in [4.78, 5) is 11.2. The zero-order valence-corrected chi connectivity index (χ0v) is 13.0. The van der Waals surface area contributed by atoms with E-state index < -0.39 is 16.1 Å². The summed E-state index contributed by atoms with van der Waals surface area (Å²) in [6.45, 7) is 4.39. The van der Waals surface area contributed by atoms with Gasteiger partial charge >= 0.3 is 0 Å². The zero-order valence-electron chi connectivity index (χ0n) is 11.4. The fourth-order valence-corrected chi connectivity index (χ4v) is 3.70. The molecule has 0 aliphatic rings. The van der Waals surface area contributed by atoms with Crippen molar-refractivity contribution in [3.8, 4) is 6.07 Å². The SMILES string of the molecule is CC(=O)c1ccc(Cl)c(S(=O)(=O)N(CC#N)C(C)C)c1. The van der Waals surface area contributed by atoms with Gasteiger partial charge in [-0.2, -0.15) is 9.57 Å². The molecule has 0 N–H and O–H groups in total. The fraction of sp³-hybridized carbons (Fsp3) is 0.385. The van der Waals surface area contributed by atoms with Gasteiger partial charge in [0.05, 0.1) is 11.1 Å². The molecule has 108 valence electrons. The van der Waals surface area contributed by atoms with Crippen molar-refractivity contribution >= 4 is 27.4 Å². The molecule has 0 amide bonds. The Hall–Kier alpha value is -1.42. The van der Waals surface area contributed by atoms with Crippen LogP contribution in [0.3, 0.4) is 0 Å². The minimum Gasteiger partial charge on any atom is -0.295 e. The van der Waals surface area contributed by atoms with Crippen LogP contribution in [-0.2, 0) is 10.0 Å². The molecule has 0 aromatic heterocycles. The third kappa shape index (κ3) is 3.37. The molecular weight excluding hydrogens is 300 g/mol. The number of Topliss-reactive ketones (excluding diaryl/α,β-unsaturated/α-hetero) is 1. The third-order valence-electron chi connectivity index (χ3n) is 2.73. The van der Waals surface area contributed by atoms with Crippen molar-refractivity contribution in [1.29, 1.82) is 5.26 Å². The molecule has 0 saturated heterocycles. The van der Waals surface area contributed by atoms with E-state index in [1.807, 2.05) is 6.07 Å². The number of carbonyl (C=O) groups is 1. The third-order valence-corrected chi connectivity index (χ3v) is 5.23. The van der Waals surface area contributed by atoms with E-state index in [0.717, 1.165) is 4.31 Å². The first-order valence-corrected chi connectivity index (χ1v) is 7.73. The van der Waals surface area contributed by atoms with Gasteiger partial charge in [-0.15, -0.1) is 0 Å². The van der Waals surface area contributed by atoms with Gasteiger partial charge in [0.15, 0.2) is 5.78 Å². The van der Waals surface area contributed by atoms with Crippen molar-refractivity contribution in [2.75, 3.05) is 6.54 Å². The van der Waals surface area contributed by atoms with E-state index in [2.05, 4.69) is 0 Å². The molecule has 1 aromatic carbocycles. The Morgan fingerprint density at radius 3 is 2.50 bits per heavy atom. The highest BCUT2D eigenvalue weighted by Gasteiger charge is 2.29. The molecule has 1 aromatic rings. The van der Waals surface area contributed by atoms with Crippen molar-refractivity contribution in [1.82, 2.24) is 4.31 Å². The van der Waals surface area contributed by atoms with Gasteiger partial charge in [0.2, 0.25) is 10.0 Å². The maximum Gasteiger partial charge on any atom is 0.245 e. The molecule has 7 heteroatoms. The number of nitriles is 1. The molecule has 5 nitrogen and oxygen atoms in total. The lowest BCUT2D eigenvalue weighted by Crippen LogP contribution is -2.37. The number of benzene rings is 1. The minimum atomic E-state index is -3.92. The van der Waals surface area contributed by atoms with Crippen molar-refractivity contribution in [2.24, 2.45) is 0 Å². The number of carbonyl (C=O) groups excluding carboxylic acids is 1. The number of sulfonamides is 1. The normalized spacial score (nSPS) is 11.7. The minimum absolute atomic E-state index is 0.0265. The first-order chi connectivity index (χ1) is 9.21. The van der Waals surface area contributed by atoms with Crippen LogP contribution in [0.2, 0.25) is 5.02 Å². The van der Waals surface area contributed by atoms with E-state index in [0.29, 0.717) is 0 Å². The highest BCUT2D eigenvalue weighted by atomic mass is 35.5. The van der Waals surface area contributed by atoms with Crippen molar-refractivity contribution in [3.05, 3.63) is 28.8 Å². The second-order valence-corrected chi connectivity index (χ2v) is 6.77. The van der Waals surface area contributed by atoms with Crippen LogP contribution in [0, 0.1) is 11.3 Å². The zero-order chi connectivity index (χ0) is 15.5. The first kappa shape index (κ1) is 16.6. The van der Waals surface area contributed by atoms with Gasteiger partial charge in [-0.25, -0.2) is 8.42 Å². The number of hydrogen-bond donors (Lipinski definition) is 0. The summed E-state index contributed by atoms with van der Waals surface area (Å²) < 4.78 is 26.1. The quantitative estimate of drug-likeness (QED) is 0.618. The molecule has 0 saturated carbocycles. The largest absolute Gasteiger partial charge is 0.295 e. The Kier molecular flexibility index (Phi) is 5.28. The summed E-state index contributed by atoms with van der Waals surface area (Å²) in [6, 6.07) is 5.51. The molecule has 0 bridgehead atoms. The molecule has 0 heterocycles. The Bertz CT molecular complexity index is 663. The van der Waals surface area contributed by atoms with Crippen molar-refractivity contribution in [3.63, 3.8) is 0 Å². The number of hydrogen-bond acceptors (Lipinski definition) is 4. The second kappa shape index (κ2) is 6.35. The number of rotatable bonds is 5. The number of halogens is 1. The monoisotopic (exact) mass is 314 g/mol. The lowest BCUT2D eigenvalue weighted by Gasteiger charge is -2.23. The lowest BCUT2D eigenvalue weighted by atomic mass is 10.1. The number of nitrogens with zero attached hydrogens (tertiary/aromatic N) is 2. The van der Waals surface area contributed by atoms with Crippen LogP contribution in [-0.4, -0.2) is 31.1 Å². The molecule has 0 spiro atoms. The Morgan fingerprint density at radius 1 is 1.45 bits per heavy atom. The standard InChI is InChI=1S/C13H15ClN2O3S/c1-9(2)16(7-6-15)20(18,19)13-8-11(10(3)17)4-5-12(13)14/h4-5,8-9H,7H2,1-3H3. The van der Waals surface area contributed by atoms with Gasteiger partial charge in [-0.3, -0.25) is 4.79 Å². The van der Waals surface area contributed by atoms with Gasteiger partial charge < -0.3 is 0 Å². The van der Waals surface area contributed by atoms with Gasteiger partial charge in [-0.05, 0) is 39.0 Å². The summed E-state index contributed by atoms with van der Waals surface area (Å²) in [6.07, 6.45) is 0. The van der Waals surface area contributed by atoms with Crippen LogP contribution in [0.15, 0.2) is 23.1 Å². The molecule has 0 fully saturated rings.